The maximum Gasteiger partial charge on any atom is 0.144 e. The largest absolute Gasteiger partial charge is 0.409 e. The van der Waals surface area contributed by atoms with Gasteiger partial charge in [-0.25, -0.2) is 0 Å². The van der Waals surface area contributed by atoms with Crippen LogP contribution in [0.2, 0.25) is 0 Å². The first kappa shape index (κ1) is 16.3. The third kappa shape index (κ3) is 4.68. The van der Waals surface area contributed by atoms with E-state index < -0.39 is 0 Å². The standard InChI is InChI=1S/C15H31N3O/c1-11-7-8-13(12(11)2)17-10-6-5-9-15(3,4)14(16)18-19/h11-13,17,19H,5-10H2,1-4H3,(H2,16,18). The molecule has 112 valence electrons. The number of rotatable bonds is 7. The van der Waals surface area contributed by atoms with E-state index in [2.05, 4.69) is 24.3 Å². The van der Waals surface area contributed by atoms with Crippen LogP contribution >= 0.6 is 0 Å². The number of nitrogens with one attached hydrogen (secondary N) is 1. The summed E-state index contributed by atoms with van der Waals surface area (Å²) in [6, 6.07) is 0.701. The van der Waals surface area contributed by atoms with Gasteiger partial charge in [-0.3, -0.25) is 0 Å². The molecule has 0 amide bonds. The summed E-state index contributed by atoms with van der Waals surface area (Å²) < 4.78 is 0. The van der Waals surface area contributed by atoms with Gasteiger partial charge in [0.2, 0.25) is 0 Å². The Balaban J connectivity index is 2.15. The van der Waals surface area contributed by atoms with Gasteiger partial charge in [0.1, 0.15) is 5.84 Å². The number of nitrogens with two attached hydrogens (primary N) is 1. The average molecular weight is 269 g/mol. The van der Waals surface area contributed by atoms with Crippen LogP contribution in [0.25, 0.3) is 0 Å². The number of amidine groups is 1. The van der Waals surface area contributed by atoms with Crippen molar-refractivity contribution in [3.8, 4) is 0 Å². The molecule has 0 aromatic rings. The molecule has 0 spiro atoms. The molecule has 1 aliphatic carbocycles. The Morgan fingerprint density at radius 2 is 2.00 bits per heavy atom. The van der Waals surface area contributed by atoms with Crippen molar-refractivity contribution in [2.45, 2.75) is 65.8 Å². The molecular formula is C15H31N3O. The van der Waals surface area contributed by atoms with E-state index in [1.807, 2.05) is 13.8 Å². The summed E-state index contributed by atoms with van der Waals surface area (Å²) in [6.07, 6.45) is 5.89. The van der Waals surface area contributed by atoms with Crippen molar-refractivity contribution in [1.82, 2.24) is 5.32 Å². The second-order valence-electron chi connectivity index (χ2n) is 6.80. The van der Waals surface area contributed by atoms with Crippen LogP contribution in [0.4, 0.5) is 0 Å². The van der Waals surface area contributed by atoms with Crippen molar-refractivity contribution in [1.29, 1.82) is 0 Å². The third-order valence-corrected chi connectivity index (χ3v) is 4.90. The number of hydrogen-bond acceptors (Lipinski definition) is 3. The summed E-state index contributed by atoms with van der Waals surface area (Å²) in [5, 5.41) is 15.5. The van der Waals surface area contributed by atoms with Crippen LogP contribution in [0.5, 0.6) is 0 Å². The molecule has 1 saturated carbocycles. The minimum atomic E-state index is -0.204. The van der Waals surface area contributed by atoms with E-state index >= 15 is 0 Å². The zero-order valence-corrected chi connectivity index (χ0v) is 12.9. The highest BCUT2D eigenvalue weighted by atomic mass is 16.4. The molecule has 1 aliphatic rings. The van der Waals surface area contributed by atoms with Gasteiger partial charge in [-0.2, -0.15) is 0 Å². The van der Waals surface area contributed by atoms with Crippen LogP contribution in [0, 0.1) is 17.3 Å². The maximum atomic E-state index is 8.72. The van der Waals surface area contributed by atoms with Crippen LogP contribution in [0.1, 0.15) is 59.8 Å². The van der Waals surface area contributed by atoms with E-state index in [0.29, 0.717) is 11.9 Å². The van der Waals surface area contributed by atoms with Crippen molar-refractivity contribution in [2.24, 2.45) is 28.1 Å². The molecule has 3 atom stereocenters. The van der Waals surface area contributed by atoms with Gasteiger partial charge in [-0.15, -0.1) is 0 Å². The minimum Gasteiger partial charge on any atom is -0.409 e. The molecular weight excluding hydrogens is 238 g/mol. The van der Waals surface area contributed by atoms with Gasteiger partial charge in [-0.05, 0) is 44.1 Å². The molecule has 4 N–H and O–H groups in total. The number of unbranched alkanes of at least 4 members (excludes halogenated alkanes) is 1. The Bertz CT molecular complexity index is 302. The molecule has 0 aliphatic heterocycles. The quantitative estimate of drug-likeness (QED) is 0.219. The lowest BCUT2D eigenvalue weighted by Gasteiger charge is -2.23. The summed E-state index contributed by atoms with van der Waals surface area (Å²) in [7, 11) is 0. The van der Waals surface area contributed by atoms with Crippen LogP contribution in [-0.4, -0.2) is 23.6 Å². The fraction of sp³-hybridized carbons (Fsp3) is 0.933. The highest BCUT2D eigenvalue weighted by Gasteiger charge is 2.29. The Hall–Kier alpha value is -0.770. The van der Waals surface area contributed by atoms with Crippen molar-refractivity contribution in [3.05, 3.63) is 0 Å². The van der Waals surface area contributed by atoms with Gasteiger partial charge in [0, 0.05) is 11.5 Å². The van der Waals surface area contributed by atoms with Gasteiger partial charge < -0.3 is 16.3 Å². The van der Waals surface area contributed by atoms with Crippen molar-refractivity contribution < 1.29 is 5.21 Å². The Labute approximate surface area is 117 Å². The molecule has 0 aromatic carbocycles. The van der Waals surface area contributed by atoms with Gasteiger partial charge in [0.15, 0.2) is 0 Å². The molecule has 4 heteroatoms. The van der Waals surface area contributed by atoms with Crippen molar-refractivity contribution >= 4 is 5.84 Å². The summed E-state index contributed by atoms with van der Waals surface area (Å²) >= 11 is 0. The fourth-order valence-electron chi connectivity index (χ4n) is 2.90. The fourth-order valence-corrected chi connectivity index (χ4v) is 2.90. The van der Waals surface area contributed by atoms with E-state index in [-0.39, 0.29) is 5.41 Å². The van der Waals surface area contributed by atoms with Crippen LogP contribution in [0.3, 0.4) is 0 Å². The van der Waals surface area contributed by atoms with Crippen molar-refractivity contribution in [2.75, 3.05) is 6.54 Å². The zero-order chi connectivity index (χ0) is 14.5. The topological polar surface area (TPSA) is 70.6 Å². The first-order valence-corrected chi connectivity index (χ1v) is 7.60. The molecule has 1 fully saturated rings. The van der Waals surface area contributed by atoms with E-state index in [0.717, 1.165) is 37.6 Å². The molecule has 0 aromatic heterocycles. The monoisotopic (exact) mass is 269 g/mol. The van der Waals surface area contributed by atoms with Gasteiger partial charge in [0.05, 0.1) is 0 Å². The van der Waals surface area contributed by atoms with Crippen LogP contribution in [0.15, 0.2) is 5.16 Å². The minimum absolute atomic E-state index is 0.204. The van der Waals surface area contributed by atoms with Gasteiger partial charge in [-0.1, -0.05) is 39.3 Å². The van der Waals surface area contributed by atoms with E-state index in [9.17, 15) is 0 Å². The predicted molar refractivity (Wildman–Crippen MR) is 80.4 cm³/mol. The Morgan fingerprint density at radius 3 is 2.53 bits per heavy atom. The number of nitrogens with zero attached hydrogens (tertiary/aromatic N) is 1. The molecule has 4 nitrogen and oxygen atoms in total. The highest BCUT2D eigenvalue weighted by Crippen LogP contribution is 2.31. The van der Waals surface area contributed by atoms with Crippen LogP contribution < -0.4 is 11.1 Å². The van der Waals surface area contributed by atoms with Crippen LogP contribution in [-0.2, 0) is 0 Å². The van der Waals surface area contributed by atoms with E-state index in [1.54, 1.807) is 0 Å². The van der Waals surface area contributed by atoms with Crippen molar-refractivity contribution in [3.63, 3.8) is 0 Å². The maximum absolute atomic E-state index is 8.72. The second-order valence-corrected chi connectivity index (χ2v) is 6.80. The average Bonchev–Trinajstić information content (AvgIpc) is 2.69. The number of oxime groups is 1. The molecule has 0 heterocycles. The lowest BCUT2D eigenvalue weighted by molar-refractivity contribution is 0.303. The summed E-state index contributed by atoms with van der Waals surface area (Å²) in [4.78, 5) is 0. The predicted octanol–water partition coefficient (Wildman–Crippen LogP) is 2.95. The molecule has 0 bridgehead atoms. The van der Waals surface area contributed by atoms with Gasteiger partial charge in [0.25, 0.3) is 0 Å². The highest BCUT2D eigenvalue weighted by molar-refractivity contribution is 5.85. The normalized spacial score (nSPS) is 28.8. The second kappa shape index (κ2) is 7.13. The molecule has 19 heavy (non-hydrogen) atoms. The van der Waals surface area contributed by atoms with E-state index in [1.165, 1.54) is 12.8 Å². The van der Waals surface area contributed by atoms with Gasteiger partial charge >= 0.3 is 0 Å². The SMILES string of the molecule is CC1CCC(NCCCCC(C)(C)C(N)=NO)C1C. The summed E-state index contributed by atoms with van der Waals surface area (Å²) in [5.74, 6) is 1.99. The molecule has 1 rings (SSSR count). The first-order chi connectivity index (χ1) is 8.88. The number of hydrogen-bond donors (Lipinski definition) is 3. The third-order valence-electron chi connectivity index (χ3n) is 4.90. The van der Waals surface area contributed by atoms with E-state index in [4.69, 9.17) is 10.9 Å². The summed E-state index contributed by atoms with van der Waals surface area (Å²) in [6.45, 7) is 9.84. The smallest absolute Gasteiger partial charge is 0.144 e. The zero-order valence-electron chi connectivity index (χ0n) is 12.9. The lowest BCUT2D eigenvalue weighted by Crippen LogP contribution is -2.34. The summed E-state index contributed by atoms with van der Waals surface area (Å²) in [5.41, 5.74) is 5.48. The molecule has 3 unspecified atom stereocenters. The molecule has 0 radical (unpaired) electrons. The Kier molecular flexibility index (Phi) is 6.11. The molecule has 0 saturated heterocycles. The first-order valence-electron chi connectivity index (χ1n) is 7.60. The Morgan fingerprint density at radius 1 is 1.32 bits per heavy atom. The lowest BCUT2D eigenvalue weighted by atomic mass is 9.86.